The number of thiazole rings is 1. The van der Waals surface area contributed by atoms with Crippen molar-refractivity contribution in [1.82, 2.24) is 4.98 Å². The summed E-state index contributed by atoms with van der Waals surface area (Å²) in [6.07, 6.45) is 3.99. The van der Waals surface area contributed by atoms with Crippen LogP contribution in [0.4, 0.5) is 5.13 Å². The molecule has 2 N–H and O–H groups in total. The highest BCUT2D eigenvalue weighted by Crippen LogP contribution is 2.32. The quantitative estimate of drug-likeness (QED) is 0.830. The first-order valence-corrected chi connectivity index (χ1v) is 5.93. The highest BCUT2D eigenvalue weighted by Gasteiger charge is 2.24. The first-order valence-electron chi connectivity index (χ1n) is 5.11. The predicted molar refractivity (Wildman–Crippen MR) is 60.8 cm³/mol. The third-order valence-electron chi connectivity index (χ3n) is 2.99. The predicted octanol–water partition coefficient (Wildman–Crippen LogP) is 1.90. The number of nitrogens with two attached hydrogens (primary N) is 1. The second kappa shape index (κ2) is 3.87. The Hall–Kier alpha value is -0.610. The molecule has 0 spiro atoms. The Morgan fingerprint density at radius 2 is 2.29 bits per heavy atom. The topological polar surface area (TPSA) is 42.2 Å². The van der Waals surface area contributed by atoms with Gasteiger partial charge in [0.05, 0.1) is 5.69 Å². The van der Waals surface area contributed by atoms with E-state index in [1.807, 2.05) is 6.92 Å². The molecule has 0 aromatic carbocycles. The fourth-order valence-corrected chi connectivity index (χ4v) is 2.66. The molecule has 0 bridgehead atoms. The smallest absolute Gasteiger partial charge is 0.185 e. The van der Waals surface area contributed by atoms with E-state index in [4.69, 9.17) is 5.73 Å². The first kappa shape index (κ1) is 9.93. The van der Waals surface area contributed by atoms with Crippen molar-refractivity contribution in [2.75, 3.05) is 11.9 Å². The van der Waals surface area contributed by atoms with Crippen molar-refractivity contribution in [3.8, 4) is 0 Å². The summed E-state index contributed by atoms with van der Waals surface area (Å²) < 4.78 is 0. The molecule has 1 aliphatic rings. The lowest BCUT2D eigenvalue weighted by atomic mass is 9.92. The van der Waals surface area contributed by atoms with Crippen molar-refractivity contribution in [3.63, 3.8) is 0 Å². The van der Waals surface area contributed by atoms with Gasteiger partial charge in [-0.3, -0.25) is 0 Å². The van der Waals surface area contributed by atoms with Gasteiger partial charge in [-0.25, -0.2) is 4.98 Å². The van der Waals surface area contributed by atoms with E-state index < -0.39 is 0 Å². The standard InChI is InChI=1S/C10H17N3S/c1-7-9(6-11)14-10(12-7)13(2)8-4-3-5-8/h8H,3-6,11H2,1-2H3. The van der Waals surface area contributed by atoms with Gasteiger partial charge in [-0.1, -0.05) is 0 Å². The summed E-state index contributed by atoms with van der Waals surface area (Å²) in [4.78, 5) is 8.07. The number of nitrogens with zero attached hydrogens (tertiary/aromatic N) is 2. The lowest BCUT2D eigenvalue weighted by Gasteiger charge is -2.34. The largest absolute Gasteiger partial charge is 0.348 e. The van der Waals surface area contributed by atoms with Crippen LogP contribution in [0.1, 0.15) is 29.8 Å². The molecule has 78 valence electrons. The summed E-state index contributed by atoms with van der Waals surface area (Å²) in [6, 6.07) is 0.714. The van der Waals surface area contributed by atoms with Gasteiger partial charge in [0.25, 0.3) is 0 Å². The van der Waals surface area contributed by atoms with Crippen LogP contribution >= 0.6 is 11.3 Å². The zero-order valence-electron chi connectivity index (χ0n) is 8.79. The van der Waals surface area contributed by atoms with Crippen molar-refractivity contribution >= 4 is 16.5 Å². The zero-order chi connectivity index (χ0) is 10.1. The van der Waals surface area contributed by atoms with Crippen molar-refractivity contribution < 1.29 is 0 Å². The van der Waals surface area contributed by atoms with Crippen LogP contribution in [0.3, 0.4) is 0 Å². The molecule has 1 aliphatic carbocycles. The first-order chi connectivity index (χ1) is 6.72. The Balaban J connectivity index is 2.14. The highest BCUT2D eigenvalue weighted by molar-refractivity contribution is 7.15. The van der Waals surface area contributed by atoms with Crippen LogP contribution in [-0.2, 0) is 6.54 Å². The Morgan fingerprint density at radius 3 is 2.71 bits per heavy atom. The molecular weight excluding hydrogens is 194 g/mol. The molecule has 0 unspecified atom stereocenters. The van der Waals surface area contributed by atoms with Gasteiger partial charge >= 0.3 is 0 Å². The SMILES string of the molecule is Cc1nc(N(C)C2CCC2)sc1CN. The Kier molecular flexibility index (Phi) is 2.74. The van der Waals surface area contributed by atoms with E-state index in [1.54, 1.807) is 11.3 Å². The van der Waals surface area contributed by atoms with Crippen LogP contribution in [0.25, 0.3) is 0 Å². The van der Waals surface area contributed by atoms with Gasteiger partial charge in [-0.05, 0) is 26.2 Å². The third-order valence-corrected chi connectivity index (χ3v) is 4.26. The minimum absolute atomic E-state index is 0.613. The van der Waals surface area contributed by atoms with E-state index in [-0.39, 0.29) is 0 Å². The molecule has 0 atom stereocenters. The zero-order valence-corrected chi connectivity index (χ0v) is 9.60. The summed E-state index contributed by atoms with van der Waals surface area (Å²) in [5, 5.41) is 1.13. The van der Waals surface area contributed by atoms with Gasteiger partial charge in [0.1, 0.15) is 0 Å². The fraction of sp³-hybridized carbons (Fsp3) is 0.700. The average molecular weight is 211 g/mol. The molecule has 1 aromatic rings. The molecule has 1 fully saturated rings. The normalized spacial score (nSPS) is 16.8. The highest BCUT2D eigenvalue weighted by atomic mass is 32.1. The van der Waals surface area contributed by atoms with Gasteiger partial charge < -0.3 is 10.6 Å². The van der Waals surface area contributed by atoms with Crippen molar-refractivity contribution in [3.05, 3.63) is 10.6 Å². The maximum absolute atomic E-state index is 5.64. The fourth-order valence-electron chi connectivity index (χ4n) is 1.68. The van der Waals surface area contributed by atoms with Crippen LogP contribution < -0.4 is 10.6 Å². The third kappa shape index (κ3) is 1.64. The van der Waals surface area contributed by atoms with Gasteiger partial charge in [0.15, 0.2) is 5.13 Å². The molecule has 1 heterocycles. The number of aryl methyl sites for hydroxylation is 1. The van der Waals surface area contributed by atoms with E-state index in [0.717, 1.165) is 10.8 Å². The van der Waals surface area contributed by atoms with Crippen molar-refractivity contribution in [2.45, 2.75) is 38.8 Å². The second-order valence-electron chi connectivity index (χ2n) is 3.90. The number of hydrogen-bond acceptors (Lipinski definition) is 4. The maximum atomic E-state index is 5.64. The van der Waals surface area contributed by atoms with Gasteiger partial charge in [0, 0.05) is 24.5 Å². The van der Waals surface area contributed by atoms with Crippen LogP contribution in [0, 0.1) is 6.92 Å². The van der Waals surface area contributed by atoms with Crippen molar-refractivity contribution in [1.29, 1.82) is 0 Å². The van der Waals surface area contributed by atoms with E-state index in [1.165, 1.54) is 24.1 Å². The minimum atomic E-state index is 0.613. The van der Waals surface area contributed by atoms with Crippen LogP contribution in [-0.4, -0.2) is 18.1 Å². The molecule has 2 rings (SSSR count). The van der Waals surface area contributed by atoms with Gasteiger partial charge in [0.2, 0.25) is 0 Å². The molecule has 0 saturated heterocycles. The van der Waals surface area contributed by atoms with Crippen LogP contribution in [0.2, 0.25) is 0 Å². The molecule has 14 heavy (non-hydrogen) atoms. The molecule has 1 aromatic heterocycles. The number of anilines is 1. The van der Waals surface area contributed by atoms with E-state index in [0.29, 0.717) is 12.6 Å². The molecule has 1 saturated carbocycles. The average Bonchev–Trinajstić information content (AvgIpc) is 2.43. The van der Waals surface area contributed by atoms with E-state index in [2.05, 4.69) is 16.9 Å². The Morgan fingerprint density at radius 1 is 1.57 bits per heavy atom. The molecule has 0 amide bonds. The number of aromatic nitrogens is 1. The van der Waals surface area contributed by atoms with E-state index >= 15 is 0 Å². The summed E-state index contributed by atoms with van der Waals surface area (Å²) >= 11 is 1.74. The summed E-state index contributed by atoms with van der Waals surface area (Å²) in [7, 11) is 2.14. The van der Waals surface area contributed by atoms with Gasteiger partial charge in [-0.15, -0.1) is 11.3 Å². The number of hydrogen-bond donors (Lipinski definition) is 1. The van der Waals surface area contributed by atoms with Crippen LogP contribution in [0.5, 0.6) is 0 Å². The summed E-state index contributed by atoms with van der Waals surface area (Å²) in [5.41, 5.74) is 6.73. The summed E-state index contributed by atoms with van der Waals surface area (Å²) in [6.45, 7) is 2.65. The Labute approximate surface area is 88.9 Å². The second-order valence-corrected chi connectivity index (χ2v) is 4.97. The Bertz CT molecular complexity index is 317. The lowest BCUT2D eigenvalue weighted by molar-refractivity contribution is 0.401. The molecule has 3 nitrogen and oxygen atoms in total. The maximum Gasteiger partial charge on any atom is 0.185 e. The molecule has 0 radical (unpaired) electrons. The summed E-state index contributed by atoms with van der Waals surface area (Å²) in [5.74, 6) is 0. The van der Waals surface area contributed by atoms with Crippen LogP contribution in [0.15, 0.2) is 0 Å². The molecular formula is C10H17N3S. The lowest BCUT2D eigenvalue weighted by Crippen LogP contribution is -2.36. The molecule has 0 aliphatic heterocycles. The minimum Gasteiger partial charge on any atom is -0.348 e. The number of rotatable bonds is 3. The monoisotopic (exact) mass is 211 g/mol. The van der Waals surface area contributed by atoms with E-state index in [9.17, 15) is 0 Å². The molecule has 4 heteroatoms. The van der Waals surface area contributed by atoms with Crippen molar-refractivity contribution in [2.24, 2.45) is 5.73 Å². The van der Waals surface area contributed by atoms with Gasteiger partial charge in [-0.2, -0.15) is 0 Å².